The molecule has 0 saturated carbocycles. The van der Waals surface area contributed by atoms with Crippen molar-refractivity contribution in [3.05, 3.63) is 25.3 Å². The summed E-state index contributed by atoms with van der Waals surface area (Å²) in [5, 5.41) is 0. The Hall–Kier alpha value is -2.31. The van der Waals surface area contributed by atoms with Gasteiger partial charge >= 0.3 is 18.0 Å². The number of hydrogen-bond donors (Lipinski definition) is 0. The van der Waals surface area contributed by atoms with Gasteiger partial charge in [0, 0.05) is 12.2 Å². The Balaban J connectivity index is 4.50. The average Bonchev–Trinajstić information content (AvgIpc) is 2.43. The predicted molar refractivity (Wildman–Crippen MR) is 80.1 cm³/mol. The molecule has 7 nitrogen and oxygen atoms in total. The normalized spacial score (nSPS) is 10.3. The van der Waals surface area contributed by atoms with Crippen molar-refractivity contribution in [3.8, 4) is 0 Å². The molecule has 0 aromatic carbocycles. The van der Waals surface area contributed by atoms with Gasteiger partial charge in [0.2, 0.25) is 0 Å². The minimum absolute atomic E-state index is 0.0144. The van der Waals surface area contributed by atoms with E-state index in [9.17, 15) is 14.4 Å². The van der Waals surface area contributed by atoms with Gasteiger partial charge < -0.3 is 19.1 Å². The number of esters is 2. The average molecular weight is 313 g/mol. The van der Waals surface area contributed by atoms with E-state index < -0.39 is 23.6 Å². The molecule has 0 aromatic rings. The Morgan fingerprint density at radius 1 is 0.955 bits per heavy atom. The Bertz CT molecular complexity index is 398. The van der Waals surface area contributed by atoms with Crippen LogP contribution in [0.1, 0.15) is 20.8 Å². The molecule has 1 amide bonds. The first-order valence-electron chi connectivity index (χ1n) is 6.76. The fourth-order valence-corrected chi connectivity index (χ4v) is 1.25. The van der Waals surface area contributed by atoms with E-state index in [0.29, 0.717) is 0 Å². The van der Waals surface area contributed by atoms with Crippen molar-refractivity contribution >= 4 is 18.0 Å². The molecule has 0 rings (SSSR count). The number of nitrogens with zero attached hydrogens (tertiary/aromatic N) is 1. The van der Waals surface area contributed by atoms with E-state index in [0.717, 1.165) is 12.2 Å². The summed E-state index contributed by atoms with van der Waals surface area (Å²) in [5.41, 5.74) is -0.662. The number of carbonyl (C=O) groups is 3. The van der Waals surface area contributed by atoms with Crippen molar-refractivity contribution in [1.29, 1.82) is 0 Å². The number of hydrogen-bond acceptors (Lipinski definition) is 6. The first-order chi connectivity index (χ1) is 10.2. The molecule has 0 bridgehead atoms. The summed E-state index contributed by atoms with van der Waals surface area (Å²) in [5.74, 6) is -1.16. The highest BCUT2D eigenvalue weighted by atomic mass is 16.6. The van der Waals surface area contributed by atoms with Crippen LogP contribution in [0.15, 0.2) is 25.3 Å². The minimum Gasteiger partial charge on any atom is -0.461 e. The standard InChI is InChI=1S/C15H23NO6/c1-6-12(17)20-10-8-16(9-11-21-13(18)7-2)14(19)22-15(3,4)5/h6-7H,1-2,8-11H2,3-5H3. The van der Waals surface area contributed by atoms with E-state index in [1.165, 1.54) is 4.90 Å². The number of rotatable bonds is 8. The monoisotopic (exact) mass is 313 g/mol. The number of carbonyl (C=O) groups excluding carboxylic acids is 3. The zero-order valence-electron chi connectivity index (χ0n) is 13.3. The summed E-state index contributed by atoms with van der Waals surface area (Å²) in [7, 11) is 0. The van der Waals surface area contributed by atoms with Crippen LogP contribution in [-0.4, -0.2) is 54.8 Å². The van der Waals surface area contributed by atoms with Crippen LogP contribution in [0, 0.1) is 0 Å². The third-order valence-corrected chi connectivity index (χ3v) is 2.20. The molecule has 22 heavy (non-hydrogen) atoms. The fourth-order valence-electron chi connectivity index (χ4n) is 1.25. The van der Waals surface area contributed by atoms with Crippen molar-refractivity contribution < 1.29 is 28.6 Å². The summed E-state index contributed by atoms with van der Waals surface area (Å²) in [6, 6.07) is 0. The van der Waals surface area contributed by atoms with Crippen LogP contribution >= 0.6 is 0 Å². The van der Waals surface area contributed by atoms with Crippen LogP contribution in [-0.2, 0) is 23.8 Å². The molecule has 124 valence electrons. The summed E-state index contributed by atoms with van der Waals surface area (Å²) in [6.07, 6.45) is 1.48. The summed E-state index contributed by atoms with van der Waals surface area (Å²) >= 11 is 0. The van der Waals surface area contributed by atoms with Gasteiger partial charge in [0.1, 0.15) is 18.8 Å². The maximum absolute atomic E-state index is 12.0. The third-order valence-electron chi connectivity index (χ3n) is 2.20. The largest absolute Gasteiger partial charge is 0.461 e. The molecule has 0 aliphatic rings. The zero-order valence-corrected chi connectivity index (χ0v) is 13.3. The van der Waals surface area contributed by atoms with E-state index >= 15 is 0 Å². The molecule has 0 saturated heterocycles. The molecule has 0 unspecified atom stereocenters. The predicted octanol–water partition coefficient (Wildman–Crippen LogP) is 1.68. The van der Waals surface area contributed by atoms with Gasteiger partial charge in [-0.15, -0.1) is 0 Å². The first-order valence-corrected chi connectivity index (χ1v) is 6.76. The Morgan fingerprint density at radius 3 is 1.68 bits per heavy atom. The second kappa shape index (κ2) is 9.59. The van der Waals surface area contributed by atoms with Gasteiger partial charge in [0.15, 0.2) is 0 Å². The summed E-state index contributed by atoms with van der Waals surface area (Å²) in [4.78, 5) is 35.3. The lowest BCUT2D eigenvalue weighted by atomic mass is 10.2. The maximum Gasteiger partial charge on any atom is 0.410 e. The highest BCUT2D eigenvalue weighted by Gasteiger charge is 2.22. The molecule has 0 spiro atoms. The van der Waals surface area contributed by atoms with Crippen LogP contribution in [0.2, 0.25) is 0 Å². The fraction of sp³-hybridized carbons (Fsp3) is 0.533. The molecule has 0 N–H and O–H groups in total. The number of amides is 1. The van der Waals surface area contributed by atoms with Crippen LogP contribution in [0.3, 0.4) is 0 Å². The van der Waals surface area contributed by atoms with Crippen molar-refractivity contribution in [2.45, 2.75) is 26.4 Å². The minimum atomic E-state index is -0.662. The maximum atomic E-state index is 12.0. The molecule has 7 heteroatoms. The van der Waals surface area contributed by atoms with Gasteiger partial charge in [0.05, 0.1) is 13.1 Å². The summed E-state index contributed by atoms with van der Waals surface area (Å²) < 4.78 is 14.9. The van der Waals surface area contributed by atoms with Crippen molar-refractivity contribution in [1.82, 2.24) is 4.90 Å². The lowest BCUT2D eigenvalue weighted by molar-refractivity contribution is -0.138. The molecule has 0 heterocycles. The highest BCUT2D eigenvalue weighted by molar-refractivity contribution is 5.81. The quantitative estimate of drug-likeness (QED) is 0.385. The second-order valence-electron chi connectivity index (χ2n) is 5.21. The topological polar surface area (TPSA) is 82.1 Å². The van der Waals surface area contributed by atoms with Gasteiger partial charge in [-0.25, -0.2) is 14.4 Å². The van der Waals surface area contributed by atoms with Gasteiger partial charge in [0.25, 0.3) is 0 Å². The van der Waals surface area contributed by atoms with Gasteiger partial charge in [-0.1, -0.05) is 13.2 Å². The van der Waals surface area contributed by atoms with Gasteiger partial charge in [-0.05, 0) is 20.8 Å². The van der Waals surface area contributed by atoms with Crippen LogP contribution in [0.4, 0.5) is 4.79 Å². The lowest BCUT2D eigenvalue weighted by Gasteiger charge is -2.27. The van der Waals surface area contributed by atoms with E-state index in [2.05, 4.69) is 13.2 Å². The third kappa shape index (κ3) is 9.57. The molecule has 0 aliphatic carbocycles. The second-order valence-corrected chi connectivity index (χ2v) is 5.21. The van der Waals surface area contributed by atoms with Crippen molar-refractivity contribution in [3.63, 3.8) is 0 Å². The Labute approximate surface area is 130 Å². The zero-order chi connectivity index (χ0) is 17.2. The molecule has 0 atom stereocenters. The Kier molecular flexibility index (Phi) is 8.59. The smallest absolute Gasteiger partial charge is 0.410 e. The van der Waals surface area contributed by atoms with E-state index in [1.807, 2.05) is 0 Å². The van der Waals surface area contributed by atoms with Crippen LogP contribution in [0.5, 0.6) is 0 Å². The molecular weight excluding hydrogens is 290 g/mol. The molecule has 0 aromatic heterocycles. The number of ether oxygens (including phenoxy) is 3. The van der Waals surface area contributed by atoms with Crippen LogP contribution in [0.25, 0.3) is 0 Å². The first kappa shape index (κ1) is 19.7. The molecule has 0 fully saturated rings. The Morgan fingerprint density at radius 2 is 1.36 bits per heavy atom. The van der Waals surface area contributed by atoms with E-state index in [1.54, 1.807) is 20.8 Å². The van der Waals surface area contributed by atoms with Gasteiger partial charge in [-0.2, -0.15) is 0 Å². The SMILES string of the molecule is C=CC(=O)OCCN(CCOC(=O)C=C)C(=O)OC(C)(C)C. The van der Waals surface area contributed by atoms with Crippen LogP contribution < -0.4 is 0 Å². The van der Waals surface area contributed by atoms with E-state index in [4.69, 9.17) is 14.2 Å². The van der Waals surface area contributed by atoms with Gasteiger partial charge in [-0.3, -0.25) is 0 Å². The lowest BCUT2D eigenvalue weighted by Crippen LogP contribution is -2.40. The highest BCUT2D eigenvalue weighted by Crippen LogP contribution is 2.09. The van der Waals surface area contributed by atoms with Crippen molar-refractivity contribution in [2.24, 2.45) is 0 Å². The molecular formula is C15H23NO6. The molecule has 0 aliphatic heterocycles. The van der Waals surface area contributed by atoms with E-state index in [-0.39, 0.29) is 26.3 Å². The van der Waals surface area contributed by atoms with Crippen molar-refractivity contribution in [2.75, 3.05) is 26.3 Å². The molecule has 0 radical (unpaired) electrons. The summed E-state index contributed by atoms with van der Waals surface area (Å²) in [6.45, 7) is 11.9.